The Kier molecular flexibility index (Phi) is 4.70. The van der Waals surface area contributed by atoms with Gasteiger partial charge < -0.3 is 15.3 Å². The van der Waals surface area contributed by atoms with E-state index in [1.54, 1.807) is 0 Å². The first-order valence-electron chi connectivity index (χ1n) is 9.04. The predicted molar refractivity (Wildman–Crippen MR) is 103 cm³/mol. The maximum Gasteiger partial charge on any atom is 0.326 e. The van der Waals surface area contributed by atoms with Crippen LogP contribution in [0.1, 0.15) is 35.4 Å². The summed E-state index contributed by atoms with van der Waals surface area (Å²) in [5.41, 5.74) is 0. The van der Waals surface area contributed by atoms with Crippen molar-refractivity contribution in [1.82, 2.24) is 10.2 Å². The van der Waals surface area contributed by atoms with Crippen LogP contribution in [0.5, 0.6) is 0 Å². The molecule has 0 bridgehead atoms. The predicted octanol–water partition coefficient (Wildman–Crippen LogP) is 2.79. The van der Waals surface area contributed by atoms with Gasteiger partial charge in [0, 0.05) is 10.7 Å². The number of aliphatic carboxylic acids is 1. The Morgan fingerprint density at radius 1 is 1.15 bits per heavy atom. The van der Waals surface area contributed by atoms with Crippen molar-refractivity contribution in [3.8, 4) is 0 Å². The van der Waals surface area contributed by atoms with Crippen molar-refractivity contribution in [2.24, 2.45) is 0 Å². The molecule has 6 nitrogen and oxygen atoms in total. The second kappa shape index (κ2) is 7.15. The van der Waals surface area contributed by atoms with E-state index in [0.717, 1.165) is 10.1 Å². The van der Waals surface area contributed by atoms with Gasteiger partial charge in [0.15, 0.2) is 0 Å². The molecule has 27 heavy (non-hydrogen) atoms. The van der Waals surface area contributed by atoms with Gasteiger partial charge in [-0.15, -0.1) is 11.3 Å². The first-order valence-corrected chi connectivity index (χ1v) is 9.85. The van der Waals surface area contributed by atoms with E-state index >= 15 is 0 Å². The lowest BCUT2D eigenvalue weighted by Gasteiger charge is -2.32. The molecular formula is C20H20N2O4S. The van der Waals surface area contributed by atoms with Crippen molar-refractivity contribution < 1.29 is 19.5 Å². The summed E-state index contributed by atoms with van der Waals surface area (Å²) in [4.78, 5) is 39.3. The molecule has 1 aromatic heterocycles. The van der Waals surface area contributed by atoms with Crippen LogP contribution in [0, 0.1) is 0 Å². The smallest absolute Gasteiger partial charge is 0.326 e. The molecule has 2 aromatic rings. The van der Waals surface area contributed by atoms with Crippen LogP contribution in [-0.2, 0) is 9.59 Å². The fourth-order valence-corrected chi connectivity index (χ4v) is 4.87. The number of nitrogens with zero attached hydrogens (tertiary/aromatic N) is 1. The number of carbonyl (C=O) groups is 3. The summed E-state index contributed by atoms with van der Waals surface area (Å²) in [6.07, 6.45) is 6.03. The molecule has 140 valence electrons. The number of carbonyl (C=O) groups excluding carboxylic acids is 2. The number of fused-ring (bicyclic) bond motifs is 2. The van der Waals surface area contributed by atoms with Gasteiger partial charge in [-0.3, -0.25) is 9.59 Å². The van der Waals surface area contributed by atoms with Crippen molar-refractivity contribution in [2.75, 3.05) is 0 Å². The molecule has 1 aromatic carbocycles. The highest BCUT2D eigenvalue weighted by atomic mass is 32.1. The Morgan fingerprint density at radius 3 is 2.70 bits per heavy atom. The van der Waals surface area contributed by atoms with Crippen LogP contribution in [0.15, 0.2) is 42.5 Å². The first kappa shape index (κ1) is 17.7. The van der Waals surface area contributed by atoms with E-state index in [1.165, 1.54) is 16.2 Å². The molecule has 0 radical (unpaired) electrons. The number of thiophene rings is 1. The second-order valence-corrected chi connectivity index (χ2v) is 8.03. The molecule has 2 aliphatic rings. The molecule has 2 amide bonds. The van der Waals surface area contributed by atoms with Gasteiger partial charge in [-0.2, -0.15) is 0 Å². The van der Waals surface area contributed by atoms with Crippen LogP contribution in [0.4, 0.5) is 0 Å². The van der Waals surface area contributed by atoms with Crippen LogP contribution in [0.3, 0.4) is 0 Å². The Morgan fingerprint density at radius 2 is 1.93 bits per heavy atom. The minimum absolute atomic E-state index is 0.112. The second-order valence-electron chi connectivity index (χ2n) is 6.95. The van der Waals surface area contributed by atoms with Crippen LogP contribution >= 0.6 is 11.3 Å². The number of nitrogens with one attached hydrogen (secondary N) is 1. The van der Waals surface area contributed by atoms with Crippen molar-refractivity contribution >= 4 is 39.2 Å². The molecule has 0 saturated carbocycles. The molecule has 2 aliphatic heterocycles. The highest BCUT2D eigenvalue weighted by Crippen LogP contribution is 2.30. The summed E-state index contributed by atoms with van der Waals surface area (Å²) in [6.45, 7) is 0. The van der Waals surface area contributed by atoms with E-state index in [9.17, 15) is 19.5 Å². The monoisotopic (exact) mass is 384 g/mol. The zero-order chi connectivity index (χ0) is 19.0. The van der Waals surface area contributed by atoms with Gasteiger partial charge >= 0.3 is 5.97 Å². The molecule has 2 N–H and O–H groups in total. The molecule has 3 heterocycles. The fourth-order valence-electron chi connectivity index (χ4n) is 3.90. The molecule has 7 heteroatoms. The van der Waals surface area contributed by atoms with Gasteiger partial charge in [-0.25, -0.2) is 4.79 Å². The first-order chi connectivity index (χ1) is 13.0. The SMILES string of the molecule is O=C(N[C@H]1CC=CC[C@@H]2CC[C@@H](C(=O)O)N2C1=O)c1cc2ccccc2s1. The van der Waals surface area contributed by atoms with E-state index in [-0.39, 0.29) is 17.9 Å². The molecule has 0 spiro atoms. The van der Waals surface area contributed by atoms with Crippen molar-refractivity contribution in [2.45, 2.75) is 43.8 Å². The number of amides is 2. The molecule has 0 aliphatic carbocycles. The molecule has 1 saturated heterocycles. The van der Waals surface area contributed by atoms with Crippen LogP contribution < -0.4 is 5.32 Å². The average Bonchev–Trinajstić information content (AvgIpc) is 3.26. The van der Waals surface area contributed by atoms with Gasteiger partial charge in [-0.05, 0) is 43.2 Å². The zero-order valence-corrected chi connectivity index (χ0v) is 15.4. The highest BCUT2D eigenvalue weighted by Gasteiger charge is 2.43. The summed E-state index contributed by atoms with van der Waals surface area (Å²) in [6, 6.07) is 7.88. The topological polar surface area (TPSA) is 86.7 Å². The average molecular weight is 384 g/mol. The molecule has 4 rings (SSSR count). The third kappa shape index (κ3) is 3.35. The molecule has 1 fully saturated rings. The van der Waals surface area contributed by atoms with Gasteiger partial charge in [0.2, 0.25) is 5.91 Å². The fraction of sp³-hybridized carbons (Fsp3) is 0.350. The summed E-state index contributed by atoms with van der Waals surface area (Å²) >= 11 is 1.38. The maximum absolute atomic E-state index is 13.1. The number of hydrogen-bond acceptors (Lipinski definition) is 4. The van der Waals surface area contributed by atoms with Crippen LogP contribution in [-0.4, -0.2) is 45.9 Å². The van der Waals surface area contributed by atoms with Crippen molar-refractivity contribution in [1.29, 1.82) is 0 Å². The van der Waals surface area contributed by atoms with Crippen molar-refractivity contribution in [3.63, 3.8) is 0 Å². The van der Waals surface area contributed by atoms with E-state index in [1.807, 2.05) is 42.5 Å². The highest BCUT2D eigenvalue weighted by molar-refractivity contribution is 7.20. The summed E-state index contributed by atoms with van der Waals surface area (Å²) in [7, 11) is 0. The Labute approximate surface area is 160 Å². The number of carboxylic acids is 1. The van der Waals surface area contributed by atoms with Gasteiger partial charge in [0.05, 0.1) is 4.88 Å². The van der Waals surface area contributed by atoms with Gasteiger partial charge in [0.1, 0.15) is 12.1 Å². The largest absolute Gasteiger partial charge is 0.480 e. The molecule has 0 unspecified atom stereocenters. The standard InChI is InChI=1S/C20H20N2O4S/c23-18(17-11-12-5-1-4-8-16(12)27-17)21-14-7-3-2-6-13-9-10-15(20(25)26)22(13)19(14)24/h1-5,8,11,13-15H,6-7,9-10H2,(H,21,23)(H,25,26)/t13-,14+,15+/m1/s1. The zero-order valence-electron chi connectivity index (χ0n) is 14.6. The van der Waals surface area contributed by atoms with Crippen LogP contribution in [0.2, 0.25) is 0 Å². The minimum Gasteiger partial charge on any atom is -0.480 e. The summed E-state index contributed by atoms with van der Waals surface area (Å²) < 4.78 is 1.01. The lowest BCUT2D eigenvalue weighted by molar-refractivity contribution is -0.150. The third-order valence-electron chi connectivity index (χ3n) is 5.24. The number of benzene rings is 1. The number of carboxylic acid groups (broad SMARTS) is 1. The Bertz CT molecular complexity index is 902. The van der Waals surface area contributed by atoms with Gasteiger partial charge in [-0.1, -0.05) is 30.4 Å². The lowest BCUT2D eigenvalue weighted by Crippen LogP contribution is -2.54. The Balaban J connectivity index is 1.57. The molecular weight excluding hydrogens is 364 g/mol. The minimum atomic E-state index is -0.981. The lowest BCUT2D eigenvalue weighted by atomic mass is 10.0. The van der Waals surface area contributed by atoms with Crippen LogP contribution in [0.25, 0.3) is 10.1 Å². The maximum atomic E-state index is 13.1. The molecule has 3 atom stereocenters. The third-order valence-corrected chi connectivity index (χ3v) is 6.36. The summed E-state index contributed by atoms with van der Waals surface area (Å²) in [5, 5.41) is 13.3. The van der Waals surface area contributed by atoms with E-state index in [4.69, 9.17) is 0 Å². The summed E-state index contributed by atoms with van der Waals surface area (Å²) in [5.74, 6) is -1.58. The Hall–Kier alpha value is -2.67. The van der Waals surface area contributed by atoms with E-state index in [0.29, 0.717) is 30.6 Å². The van der Waals surface area contributed by atoms with E-state index < -0.39 is 18.1 Å². The number of hydrogen-bond donors (Lipinski definition) is 2. The number of rotatable bonds is 3. The normalized spacial score (nSPS) is 25.1. The quantitative estimate of drug-likeness (QED) is 0.797. The van der Waals surface area contributed by atoms with E-state index in [2.05, 4.69) is 5.32 Å². The van der Waals surface area contributed by atoms with Gasteiger partial charge in [0.25, 0.3) is 5.91 Å². The van der Waals surface area contributed by atoms with Crippen molar-refractivity contribution in [3.05, 3.63) is 47.4 Å².